The minimum atomic E-state index is -0.0706. The molecule has 0 bridgehead atoms. The molecule has 0 saturated heterocycles. The Morgan fingerprint density at radius 2 is 1.86 bits per heavy atom. The van der Waals surface area contributed by atoms with E-state index in [1.165, 1.54) is 28.7 Å². The van der Waals surface area contributed by atoms with Crippen LogP contribution < -0.4 is 5.32 Å². The first kappa shape index (κ1) is 14.8. The Kier molecular flexibility index (Phi) is 4.01. The molecule has 4 nitrogen and oxygen atoms in total. The third-order valence-corrected chi connectivity index (χ3v) is 4.54. The predicted molar refractivity (Wildman–Crippen MR) is 87.1 cm³/mol. The first-order chi connectivity index (χ1) is 10.6. The second kappa shape index (κ2) is 5.95. The molecule has 2 N–H and O–H groups in total. The van der Waals surface area contributed by atoms with E-state index in [0.29, 0.717) is 12.2 Å². The highest BCUT2D eigenvalue weighted by Crippen LogP contribution is 2.22. The van der Waals surface area contributed by atoms with Crippen LogP contribution in [-0.4, -0.2) is 16.1 Å². The van der Waals surface area contributed by atoms with Crippen LogP contribution in [0.4, 0.5) is 0 Å². The molecule has 1 aromatic carbocycles. The van der Waals surface area contributed by atoms with Crippen molar-refractivity contribution >= 4 is 5.91 Å². The first-order valence-electron chi connectivity index (χ1n) is 7.97. The Morgan fingerprint density at radius 3 is 2.59 bits per heavy atom. The van der Waals surface area contributed by atoms with Crippen molar-refractivity contribution in [3.8, 4) is 0 Å². The zero-order chi connectivity index (χ0) is 15.7. The van der Waals surface area contributed by atoms with Crippen LogP contribution in [0.3, 0.4) is 0 Å². The van der Waals surface area contributed by atoms with Gasteiger partial charge < -0.3 is 5.32 Å². The molecule has 0 atom stereocenters. The molecule has 0 aliphatic heterocycles. The number of H-pyrrole nitrogens is 1. The van der Waals surface area contributed by atoms with Crippen LogP contribution in [-0.2, 0) is 19.4 Å². The van der Waals surface area contributed by atoms with Crippen molar-refractivity contribution in [1.82, 2.24) is 15.5 Å². The summed E-state index contributed by atoms with van der Waals surface area (Å²) in [6.07, 6.45) is 4.28. The molecule has 1 aromatic heterocycles. The van der Waals surface area contributed by atoms with Crippen LogP contribution >= 0.6 is 0 Å². The molecule has 1 heterocycles. The fourth-order valence-electron chi connectivity index (χ4n) is 3.41. The van der Waals surface area contributed by atoms with E-state index in [9.17, 15) is 4.79 Å². The number of nitrogens with zero attached hydrogens (tertiary/aromatic N) is 1. The van der Waals surface area contributed by atoms with Gasteiger partial charge in [0.1, 0.15) is 0 Å². The van der Waals surface area contributed by atoms with Gasteiger partial charge in [-0.25, -0.2) is 0 Å². The van der Waals surface area contributed by atoms with Crippen molar-refractivity contribution in [2.45, 2.75) is 53.0 Å². The van der Waals surface area contributed by atoms with Gasteiger partial charge in [0.25, 0.3) is 5.91 Å². The zero-order valence-corrected chi connectivity index (χ0v) is 13.5. The second-order valence-corrected chi connectivity index (χ2v) is 6.30. The summed E-state index contributed by atoms with van der Waals surface area (Å²) in [5, 5.41) is 10.3. The summed E-state index contributed by atoms with van der Waals surface area (Å²) >= 11 is 0. The number of nitrogens with one attached hydrogen (secondary N) is 2. The van der Waals surface area contributed by atoms with E-state index in [4.69, 9.17) is 0 Å². The van der Waals surface area contributed by atoms with Gasteiger partial charge in [-0.15, -0.1) is 0 Å². The molecule has 0 radical (unpaired) electrons. The first-order valence-corrected chi connectivity index (χ1v) is 7.97. The van der Waals surface area contributed by atoms with Crippen LogP contribution in [0.5, 0.6) is 0 Å². The molecule has 0 unspecified atom stereocenters. The molecule has 0 fully saturated rings. The van der Waals surface area contributed by atoms with E-state index < -0.39 is 0 Å². The average molecular weight is 297 g/mol. The van der Waals surface area contributed by atoms with E-state index in [1.54, 1.807) is 0 Å². The number of carbonyl (C=O) groups is 1. The highest BCUT2D eigenvalue weighted by Gasteiger charge is 2.21. The van der Waals surface area contributed by atoms with Gasteiger partial charge in [0.15, 0.2) is 5.69 Å². The number of hydrogen-bond acceptors (Lipinski definition) is 2. The fraction of sp³-hybridized carbons (Fsp3) is 0.444. The number of rotatable bonds is 3. The van der Waals surface area contributed by atoms with Crippen molar-refractivity contribution in [2.75, 3.05) is 0 Å². The van der Waals surface area contributed by atoms with Gasteiger partial charge in [-0.1, -0.05) is 17.7 Å². The maximum Gasteiger partial charge on any atom is 0.272 e. The third-order valence-electron chi connectivity index (χ3n) is 4.54. The number of aromatic amines is 1. The Hall–Kier alpha value is -2.10. The molecule has 4 heteroatoms. The Bertz CT molecular complexity index is 692. The van der Waals surface area contributed by atoms with E-state index in [2.05, 4.69) is 48.4 Å². The Balaban J connectivity index is 1.75. The summed E-state index contributed by atoms with van der Waals surface area (Å²) < 4.78 is 0. The molecule has 3 rings (SSSR count). The fourth-order valence-corrected chi connectivity index (χ4v) is 3.41. The van der Waals surface area contributed by atoms with Crippen LogP contribution in [0.1, 0.15) is 56.8 Å². The van der Waals surface area contributed by atoms with Crippen molar-refractivity contribution < 1.29 is 4.79 Å². The SMILES string of the molecule is Cc1cc(C)c(CNC(=O)c2n[nH]c3c2CCCC3)c(C)c1. The summed E-state index contributed by atoms with van der Waals surface area (Å²) in [7, 11) is 0. The normalized spacial score (nSPS) is 13.8. The molecule has 1 amide bonds. The quantitative estimate of drug-likeness (QED) is 0.914. The monoisotopic (exact) mass is 297 g/mol. The number of benzene rings is 1. The lowest BCUT2D eigenvalue weighted by atomic mass is 9.95. The molecule has 22 heavy (non-hydrogen) atoms. The Morgan fingerprint density at radius 1 is 1.18 bits per heavy atom. The van der Waals surface area contributed by atoms with E-state index in [-0.39, 0.29) is 5.91 Å². The predicted octanol–water partition coefficient (Wildman–Crippen LogP) is 3.14. The molecule has 1 aliphatic carbocycles. The minimum Gasteiger partial charge on any atom is -0.347 e. The number of hydrogen-bond donors (Lipinski definition) is 2. The molecular weight excluding hydrogens is 274 g/mol. The summed E-state index contributed by atoms with van der Waals surface area (Å²) in [6, 6.07) is 4.32. The molecule has 116 valence electrons. The second-order valence-electron chi connectivity index (χ2n) is 6.30. The van der Waals surface area contributed by atoms with Crippen molar-refractivity contribution in [2.24, 2.45) is 0 Å². The van der Waals surface area contributed by atoms with Gasteiger partial charge in [0.2, 0.25) is 0 Å². The van der Waals surface area contributed by atoms with Crippen LogP contribution in [0.2, 0.25) is 0 Å². The van der Waals surface area contributed by atoms with E-state index >= 15 is 0 Å². The summed E-state index contributed by atoms with van der Waals surface area (Å²) in [5.74, 6) is -0.0706. The van der Waals surface area contributed by atoms with Crippen molar-refractivity contribution in [3.05, 3.63) is 51.3 Å². The lowest BCUT2D eigenvalue weighted by Crippen LogP contribution is -2.25. The van der Waals surface area contributed by atoms with Crippen LogP contribution in [0.15, 0.2) is 12.1 Å². The maximum atomic E-state index is 12.4. The standard InChI is InChI=1S/C18H23N3O/c1-11-8-12(2)15(13(3)9-11)10-19-18(22)17-14-6-4-5-7-16(14)20-21-17/h8-9H,4-7,10H2,1-3H3,(H,19,22)(H,20,21). The molecule has 0 saturated carbocycles. The van der Waals surface area contributed by atoms with E-state index in [0.717, 1.165) is 30.5 Å². The van der Waals surface area contributed by atoms with Gasteiger partial charge in [0.05, 0.1) is 0 Å². The topological polar surface area (TPSA) is 57.8 Å². The van der Waals surface area contributed by atoms with Crippen LogP contribution in [0.25, 0.3) is 0 Å². The lowest BCUT2D eigenvalue weighted by molar-refractivity contribution is 0.0944. The van der Waals surface area contributed by atoms with Crippen molar-refractivity contribution in [1.29, 1.82) is 0 Å². The Labute approximate surface area is 131 Å². The number of fused-ring (bicyclic) bond motifs is 1. The average Bonchev–Trinajstić information content (AvgIpc) is 2.90. The molecule has 2 aromatic rings. The smallest absolute Gasteiger partial charge is 0.272 e. The van der Waals surface area contributed by atoms with Gasteiger partial charge in [-0.2, -0.15) is 5.10 Å². The van der Waals surface area contributed by atoms with Gasteiger partial charge in [0, 0.05) is 17.8 Å². The maximum absolute atomic E-state index is 12.4. The number of aromatic nitrogens is 2. The largest absolute Gasteiger partial charge is 0.347 e. The summed E-state index contributed by atoms with van der Waals surface area (Å²) in [5.41, 5.74) is 7.73. The highest BCUT2D eigenvalue weighted by atomic mass is 16.1. The number of carbonyl (C=O) groups excluding carboxylic acids is 1. The van der Waals surface area contributed by atoms with E-state index in [1.807, 2.05) is 0 Å². The van der Waals surface area contributed by atoms with Gasteiger partial charge in [-0.05, 0) is 63.1 Å². The van der Waals surface area contributed by atoms with Crippen LogP contribution in [0, 0.1) is 20.8 Å². The third kappa shape index (κ3) is 2.78. The molecular formula is C18H23N3O. The lowest BCUT2D eigenvalue weighted by Gasteiger charge is -2.13. The zero-order valence-electron chi connectivity index (χ0n) is 13.5. The molecule has 1 aliphatic rings. The highest BCUT2D eigenvalue weighted by molar-refractivity contribution is 5.94. The number of aryl methyl sites for hydroxylation is 4. The van der Waals surface area contributed by atoms with Gasteiger partial charge in [-0.3, -0.25) is 9.89 Å². The van der Waals surface area contributed by atoms with Gasteiger partial charge >= 0.3 is 0 Å². The summed E-state index contributed by atoms with van der Waals surface area (Å²) in [4.78, 5) is 12.4. The molecule has 0 spiro atoms. The minimum absolute atomic E-state index is 0.0706. The summed E-state index contributed by atoms with van der Waals surface area (Å²) in [6.45, 7) is 6.84. The number of amides is 1. The van der Waals surface area contributed by atoms with Crippen molar-refractivity contribution in [3.63, 3.8) is 0 Å².